The van der Waals surface area contributed by atoms with Crippen molar-refractivity contribution in [3.8, 4) is 16.9 Å². The lowest BCUT2D eigenvalue weighted by atomic mass is 9.84. The fraction of sp³-hybridized carbons (Fsp3) is 0.333. The van der Waals surface area contributed by atoms with Gasteiger partial charge < -0.3 is 39.6 Å². The molecule has 0 heterocycles. The summed E-state index contributed by atoms with van der Waals surface area (Å²) in [7, 11) is 0. The molecule has 0 radical (unpaired) electrons. The summed E-state index contributed by atoms with van der Waals surface area (Å²) in [6, 6.07) is 49.6. The third-order valence-electron chi connectivity index (χ3n) is 12.7. The van der Waals surface area contributed by atoms with Crippen molar-refractivity contribution < 1.29 is 52.5 Å². The maximum atomic E-state index is 15.0. The van der Waals surface area contributed by atoms with Gasteiger partial charge in [0, 0.05) is 24.6 Å². The van der Waals surface area contributed by atoms with Crippen LogP contribution < -0.4 is 20.7 Å². The van der Waals surface area contributed by atoms with Crippen molar-refractivity contribution in [2.45, 2.75) is 102 Å². The van der Waals surface area contributed by atoms with Gasteiger partial charge in [-0.2, -0.15) is 0 Å². The molecule has 6 aromatic rings. The van der Waals surface area contributed by atoms with Crippen molar-refractivity contribution >= 4 is 47.6 Å². The van der Waals surface area contributed by atoms with Gasteiger partial charge in [0.1, 0.15) is 42.2 Å². The Morgan fingerprint density at radius 2 is 1.08 bits per heavy atom. The summed E-state index contributed by atoms with van der Waals surface area (Å²) >= 11 is 1.41. The number of esters is 2. The first-order valence-corrected chi connectivity index (χ1v) is 27.1. The Morgan fingerprint density at radius 1 is 0.564 bits per heavy atom. The van der Waals surface area contributed by atoms with Gasteiger partial charge >= 0.3 is 24.1 Å². The van der Waals surface area contributed by atoms with E-state index in [1.165, 1.54) is 11.8 Å². The van der Waals surface area contributed by atoms with Crippen LogP contribution in [0.2, 0.25) is 0 Å². The highest BCUT2D eigenvalue weighted by molar-refractivity contribution is 8.00. The number of ketones is 1. The number of thioether (sulfide) groups is 1. The summed E-state index contributed by atoms with van der Waals surface area (Å²) < 4.78 is 27.6. The summed E-state index contributed by atoms with van der Waals surface area (Å²) in [6.45, 7) is 11.7. The predicted octanol–water partition coefficient (Wildman–Crippen LogP) is 11.1. The van der Waals surface area contributed by atoms with Gasteiger partial charge in [-0.1, -0.05) is 152 Å². The number of hydrogen-bond acceptors (Lipinski definition) is 12. The molecule has 14 nitrogen and oxygen atoms in total. The zero-order valence-electron chi connectivity index (χ0n) is 45.2. The number of ether oxygens (including phenoxy) is 5. The summed E-state index contributed by atoms with van der Waals surface area (Å²) in [6.07, 6.45) is -3.04. The van der Waals surface area contributed by atoms with Gasteiger partial charge in [0.15, 0.2) is 5.78 Å². The molecule has 3 N–H and O–H groups in total. The molecule has 6 aromatic carbocycles. The Kier molecular flexibility index (Phi) is 19.6. The third kappa shape index (κ3) is 15.6. The zero-order chi connectivity index (χ0) is 55.9. The van der Waals surface area contributed by atoms with Crippen molar-refractivity contribution in [3.05, 3.63) is 197 Å². The van der Waals surface area contributed by atoms with Gasteiger partial charge in [-0.15, -0.1) is 11.8 Å². The molecule has 0 saturated carbocycles. The van der Waals surface area contributed by atoms with Crippen LogP contribution in [0.5, 0.6) is 5.75 Å². The maximum absolute atomic E-state index is 15.0. The quantitative estimate of drug-likeness (QED) is 0.0314. The fourth-order valence-corrected chi connectivity index (χ4v) is 10.8. The van der Waals surface area contributed by atoms with E-state index in [4.69, 9.17) is 23.7 Å². The van der Waals surface area contributed by atoms with Gasteiger partial charge in [0.2, 0.25) is 5.91 Å². The Morgan fingerprint density at radius 3 is 1.59 bits per heavy atom. The lowest BCUT2D eigenvalue weighted by Gasteiger charge is -2.36. The summed E-state index contributed by atoms with van der Waals surface area (Å²) in [4.78, 5) is 84.8. The Balaban J connectivity index is 1.17. The smallest absolute Gasteiger partial charge is 0.408 e. The number of carbonyl (C=O) groups excluding carboxylic acids is 6. The van der Waals surface area contributed by atoms with E-state index >= 15 is 0 Å². The zero-order valence-corrected chi connectivity index (χ0v) is 46.1. The standard InChI is InChI=1S/C63H69N3O11S/c1-8-73-47-34-32-42(33-35-47)39-74-58(70)54(41-78-63(44-22-12-9-13-23-44,45-24-14-10-15-25-45)46-26-16-11-17-27-46)65-57(69)43(37-56(68)76-61(2,3)4)36-55(67)53(66-60(72)77-62(5,6)7)38-64-59(71)75-40-52-50-30-20-18-28-48(50)49-29-19-21-31-51(49)52/h9-35,43,52-54H,8,36-41H2,1-7H3,(H,64,71)(H,65,69)(H,66,72)/t43-,53-,54-/m0/s1. The fourth-order valence-electron chi connectivity index (χ4n) is 9.30. The van der Waals surface area contributed by atoms with E-state index in [1.807, 2.05) is 146 Å². The number of rotatable bonds is 23. The minimum absolute atomic E-state index is 0.0125. The molecule has 3 amide bonds. The Labute approximate surface area is 461 Å². The number of amides is 3. The molecule has 0 aromatic heterocycles. The highest BCUT2D eigenvalue weighted by atomic mass is 32.2. The monoisotopic (exact) mass is 1080 g/mol. The molecule has 15 heteroatoms. The van der Waals surface area contributed by atoms with Crippen LogP contribution in [-0.4, -0.2) is 84.6 Å². The molecule has 0 fully saturated rings. The van der Waals surface area contributed by atoms with E-state index in [9.17, 15) is 28.8 Å². The van der Waals surface area contributed by atoms with Crippen LogP contribution in [0.1, 0.15) is 101 Å². The molecule has 1 aliphatic carbocycles. The minimum Gasteiger partial charge on any atom is -0.494 e. The van der Waals surface area contributed by atoms with Gasteiger partial charge in [0.05, 0.1) is 23.7 Å². The van der Waals surface area contributed by atoms with Crippen LogP contribution in [-0.2, 0) is 49.5 Å². The summed E-state index contributed by atoms with van der Waals surface area (Å²) in [5, 5.41) is 8.06. The molecule has 0 unspecified atom stereocenters. The number of fused-ring (bicyclic) bond motifs is 3. The first-order chi connectivity index (χ1) is 37.3. The largest absolute Gasteiger partial charge is 0.494 e. The number of alkyl carbamates (subject to hydrolysis) is 2. The number of benzene rings is 6. The molecule has 0 saturated heterocycles. The molecular weight excluding hydrogens is 1010 g/mol. The number of nitrogens with one attached hydrogen (secondary N) is 3. The molecule has 7 rings (SSSR count). The van der Waals surface area contributed by atoms with Crippen molar-refractivity contribution in [1.29, 1.82) is 0 Å². The van der Waals surface area contributed by atoms with E-state index in [2.05, 4.69) is 16.0 Å². The van der Waals surface area contributed by atoms with Crippen LogP contribution in [0.3, 0.4) is 0 Å². The van der Waals surface area contributed by atoms with Crippen LogP contribution >= 0.6 is 11.8 Å². The van der Waals surface area contributed by atoms with E-state index in [0.29, 0.717) is 17.9 Å². The summed E-state index contributed by atoms with van der Waals surface area (Å²) in [5.74, 6) is -4.21. The van der Waals surface area contributed by atoms with Gasteiger partial charge in [-0.05, 0) is 105 Å². The van der Waals surface area contributed by atoms with E-state index in [-0.39, 0.29) is 24.9 Å². The van der Waals surface area contributed by atoms with Crippen LogP contribution in [0.15, 0.2) is 164 Å². The Bertz CT molecular complexity index is 2850. The second-order valence-corrected chi connectivity index (χ2v) is 22.1. The maximum Gasteiger partial charge on any atom is 0.408 e. The average molecular weight is 1080 g/mol. The van der Waals surface area contributed by atoms with Gasteiger partial charge in [0.25, 0.3) is 0 Å². The first kappa shape index (κ1) is 57.8. The van der Waals surface area contributed by atoms with E-state index in [1.54, 1.807) is 65.8 Å². The number of carbonyl (C=O) groups is 6. The van der Waals surface area contributed by atoms with Crippen LogP contribution in [0.4, 0.5) is 9.59 Å². The van der Waals surface area contributed by atoms with Crippen molar-refractivity contribution in [1.82, 2.24) is 16.0 Å². The van der Waals surface area contributed by atoms with E-state index in [0.717, 1.165) is 38.9 Å². The van der Waals surface area contributed by atoms with Crippen molar-refractivity contribution in [2.24, 2.45) is 5.92 Å². The number of Topliss-reactive ketones (excluding diaryl/α,β-unsaturated/α-hetero) is 1. The lowest BCUT2D eigenvalue weighted by molar-refractivity contribution is -0.157. The molecular formula is C63H69N3O11S. The van der Waals surface area contributed by atoms with Crippen molar-refractivity contribution in [3.63, 3.8) is 0 Å². The molecule has 408 valence electrons. The lowest BCUT2D eigenvalue weighted by Crippen LogP contribution is -2.51. The number of hydrogen-bond donors (Lipinski definition) is 3. The molecule has 0 aliphatic heterocycles. The van der Waals surface area contributed by atoms with Gasteiger partial charge in [-0.3, -0.25) is 14.4 Å². The average Bonchev–Trinajstić information content (AvgIpc) is 3.94. The molecule has 78 heavy (non-hydrogen) atoms. The molecule has 3 atom stereocenters. The molecule has 0 spiro atoms. The first-order valence-electron chi connectivity index (χ1n) is 26.2. The minimum atomic E-state index is -1.47. The Hall–Kier alpha value is -7.91. The van der Waals surface area contributed by atoms with E-state index < -0.39 is 89.2 Å². The summed E-state index contributed by atoms with van der Waals surface area (Å²) in [5.41, 5.74) is 5.56. The van der Waals surface area contributed by atoms with Crippen LogP contribution in [0, 0.1) is 5.92 Å². The van der Waals surface area contributed by atoms with Crippen molar-refractivity contribution in [2.75, 3.05) is 25.5 Å². The SMILES string of the molecule is CCOc1ccc(COC(=O)[C@H](CSC(c2ccccc2)(c2ccccc2)c2ccccc2)NC(=O)[C@H](CC(=O)OC(C)(C)C)CC(=O)[C@H](CNC(=O)OCC2c3ccccc3-c3ccccc32)NC(=O)OC(C)(C)C)cc1. The second kappa shape index (κ2) is 26.4. The van der Waals surface area contributed by atoms with Crippen LogP contribution in [0.25, 0.3) is 11.1 Å². The second-order valence-electron chi connectivity index (χ2n) is 20.9. The predicted molar refractivity (Wildman–Crippen MR) is 301 cm³/mol. The third-order valence-corrected chi connectivity index (χ3v) is 14.4. The topological polar surface area (TPSA) is 185 Å². The molecule has 0 bridgehead atoms. The molecule has 1 aliphatic rings. The highest BCUT2D eigenvalue weighted by Crippen LogP contribution is 2.49. The highest BCUT2D eigenvalue weighted by Gasteiger charge is 2.40. The van der Waals surface area contributed by atoms with Gasteiger partial charge in [-0.25, -0.2) is 14.4 Å². The normalized spacial score (nSPS) is 13.3.